The van der Waals surface area contributed by atoms with Crippen molar-refractivity contribution in [1.82, 2.24) is 4.98 Å². The van der Waals surface area contributed by atoms with Crippen molar-refractivity contribution in [1.29, 1.82) is 5.26 Å². The van der Waals surface area contributed by atoms with Crippen LogP contribution in [0.4, 0.5) is 4.39 Å². The van der Waals surface area contributed by atoms with E-state index in [2.05, 4.69) is 20.9 Å². The molecule has 6 heteroatoms. The molecule has 3 aromatic rings. The average molecular weight is 371 g/mol. The molecule has 4 nitrogen and oxygen atoms in total. The molecule has 23 heavy (non-hydrogen) atoms. The molecule has 0 aliphatic heterocycles. The number of halogens is 2. The van der Waals surface area contributed by atoms with Crippen molar-refractivity contribution in [3.8, 4) is 17.3 Å². The maximum absolute atomic E-state index is 13.5. The third-order valence-electron chi connectivity index (χ3n) is 3.39. The lowest BCUT2D eigenvalue weighted by Gasteiger charge is -2.10. The first kappa shape index (κ1) is 15.1. The first-order chi connectivity index (χ1) is 11.0. The smallest absolute Gasteiger partial charge is 0.337 e. The van der Waals surface area contributed by atoms with Gasteiger partial charge in [-0.15, -0.1) is 0 Å². The van der Waals surface area contributed by atoms with Crippen molar-refractivity contribution in [3.05, 3.63) is 63.9 Å². The molecule has 0 spiro atoms. The summed E-state index contributed by atoms with van der Waals surface area (Å²) in [5.41, 5.74) is 0.864. The number of nitriles is 1. The molecule has 1 aromatic heterocycles. The number of pyridine rings is 1. The van der Waals surface area contributed by atoms with Gasteiger partial charge in [-0.3, -0.25) is 0 Å². The van der Waals surface area contributed by atoms with Gasteiger partial charge in [0.1, 0.15) is 11.9 Å². The first-order valence-electron chi connectivity index (χ1n) is 6.54. The van der Waals surface area contributed by atoms with Gasteiger partial charge in [0.2, 0.25) is 0 Å². The van der Waals surface area contributed by atoms with E-state index in [4.69, 9.17) is 0 Å². The zero-order chi connectivity index (χ0) is 16.6. The fourth-order valence-corrected chi connectivity index (χ4v) is 2.65. The van der Waals surface area contributed by atoms with E-state index in [0.29, 0.717) is 11.1 Å². The molecule has 1 heterocycles. The SMILES string of the molecule is N#Cc1c(-c2ccc(Br)cc2)nc2ccc(F)cc2c1C(=O)O. The zero-order valence-corrected chi connectivity index (χ0v) is 13.1. The summed E-state index contributed by atoms with van der Waals surface area (Å²) in [6.07, 6.45) is 0. The van der Waals surface area contributed by atoms with Gasteiger partial charge >= 0.3 is 5.97 Å². The summed E-state index contributed by atoms with van der Waals surface area (Å²) in [6.45, 7) is 0. The fourth-order valence-electron chi connectivity index (χ4n) is 2.38. The number of carboxylic acids is 1. The lowest BCUT2D eigenvalue weighted by Crippen LogP contribution is -2.06. The van der Waals surface area contributed by atoms with Gasteiger partial charge in [-0.25, -0.2) is 14.2 Å². The van der Waals surface area contributed by atoms with Crippen LogP contribution in [-0.4, -0.2) is 16.1 Å². The normalized spacial score (nSPS) is 10.5. The predicted octanol–water partition coefficient (Wildman–Crippen LogP) is 4.37. The minimum atomic E-state index is -1.29. The van der Waals surface area contributed by atoms with E-state index in [1.165, 1.54) is 12.1 Å². The lowest BCUT2D eigenvalue weighted by molar-refractivity contribution is 0.0698. The Balaban J connectivity index is 2.43. The Labute approximate surface area is 139 Å². The Morgan fingerprint density at radius 2 is 1.91 bits per heavy atom. The second-order valence-electron chi connectivity index (χ2n) is 4.80. The van der Waals surface area contributed by atoms with E-state index in [-0.39, 0.29) is 22.2 Å². The van der Waals surface area contributed by atoms with Crippen LogP contribution in [0.5, 0.6) is 0 Å². The van der Waals surface area contributed by atoms with Crippen LogP contribution in [0.3, 0.4) is 0 Å². The molecule has 0 radical (unpaired) electrons. The van der Waals surface area contributed by atoms with Gasteiger partial charge in [0.15, 0.2) is 0 Å². The maximum atomic E-state index is 13.5. The summed E-state index contributed by atoms with van der Waals surface area (Å²) >= 11 is 3.32. The first-order valence-corrected chi connectivity index (χ1v) is 7.33. The summed E-state index contributed by atoms with van der Waals surface area (Å²) in [6, 6.07) is 12.6. The third-order valence-corrected chi connectivity index (χ3v) is 3.92. The molecule has 0 fully saturated rings. The van der Waals surface area contributed by atoms with E-state index >= 15 is 0 Å². The number of aromatic nitrogens is 1. The molecule has 0 aliphatic carbocycles. The highest BCUT2D eigenvalue weighted by molar-refractivity contribution is 9.10. The molecule has 0 aliphatic rings. The Morgan fingerprint density at radius 1 is 1.22 bits per heavy atom. The van der Waals surface area contributed by atoms with Crippen molar-refractivity contribution < 1.29 is 14.3 Å². The molecule has 0 unspecified atom stereocenters. The van der Waals surface area contributed by atoms with Gasteiger partial charge in [0.25, 0.3) is 0 Å². The number of aromatic carboxylic acids is 1. The lowest BCUT2D eigenvalue weighted by atomic mass is 9.97. The maximum Gasteiger partial charge on any atom is 0.337 e. The Hall–Kier alpha value is -2.78. The average Bonchev–Trinajstić information content (AvgIpc) is 2.53. The molecule has 0 amide bonds. The second kappa shape index (κ2) is 5.78. The van der Waals surface area contributed by atoms with Gasteiger partial charge in [-0.1, -0.05) is 28.1 Å². The van der Waals surface area contributed by atoms with Crippen molar-refractivity contribution in [2.45, 2.75) is 0 Å². The van der Waals surface area contributed by atoms with Crippen molar-refractivity contribution in [2.24, 2.45) is 0 Å². The molecular formula is C17H8BrFN2O2. The summed E-state index contributed by atoms with van der Waals surface area (Å²) in [4.78, 5) is 16.0. The number of benzene rings is 2. The van der Waals surface area contributed by atoms with Gasteiger partial charge in [-0.2, -0.15) is 5.26 Å². The van der Waals surface area contributed by atoms with E-state index in [1.54, 1.807) is 24.3 Å². The predicted molar refractivity (Wildman–Crippen MR) is 86.5 cm³/mol. The summed E-state index contributed by atoms with van der Waals surface area (Å²) in [5.74, 6) is -1.88. The van der Waals surface area contributed by atoms with Crippen LogP contribution in [0.25, 0.3) is 22.2 Å². The number of rotatable bonds is 2. The minimum Gasteiger partial charge on any atom is -0.478 e. The number of carboxylic acid groups (broad SMARTS) is 1. The van der Waals surface area contributed by atoms with Crippen LogP contribution in [0.15, 0.2) is 46.9 Å². The van der Waals surface area contributed by atoms with Crippen molar-refractivity contribution in [3.63, 3.8) is 0 Å². The molecule has 2 aromatic carbocycles. The van der Waals surface area contributed by atoms with E-state index in [1.807, 2.05) is 6.07 Å². The quantitative estimate of drug-likeness (QED) is 0.726. The highest BCUT2D eigenvalue weighted by atomic mass is 79.9. The van der Waals surface area contributed by atoms with E-state index in [0.717, 1.165) is 10.5 Å². The topological polar surface area (TPSA) is 74.0 Å². The van der Waals surface area contributed by atoms with Gasteiger partial charge in [0.05, 0.1) is 22.3 Å². The highest BCUT2D eigenvalue weighted by Crippen LogP contribution is 2.30. The van der Waals surface area contributed by atoms with Gasteiger partial charge in [0, 0.05) is 15.4 Å². The zero-order valence-electron chi connectivity index (χ0n) is 11.5. The van der Waals surface area contributed by atoms with Gasteiger partial charge < -0.3 is 5.11 Å². The van der Waals surface area contributed by atoms with Gasteiger partial charge in [-0.05, 0) is 30.3 Å². The van der Waals surface area contributed by atoms with Crippen LogP contribution < -0.4 is 0 Å². The number of carbonyl (C=O) groups is 1. The van der Waals surface area contributed by atoms with Crippen molar-refractivity contribution >= 4 is 32.8 Å². The van der Waals surface area contributed by atoms with Crippen LogP contribution in [-0.2, 0) is 0 Å². The molecule has 112 valence electrons. The minimum absolute atomic E-state index is 0.0853. The van der Waals surface area contributed by atoms with Crippen LogP contribution in [0.1, 0.15) is 15.9 Å². The van der Waals surface area contributed by atoms with E-state index in [9.17, 15) is 19.6 Å². The van der Waals surface area contributed by atoms with Crippen molar-refractivity contribution in [2.75, 3.05) is 0 Å². The molecular weight excluding hydrogens is 363 g/mol. The second-order valence-corrected chi connectivity index (χ2v) is 5.71. The standard InChI is InChI=1S/C17H8BrFN2O2/c18-10-3-1-9(2-4-10)16-13(8-20)15(17(22)23)12-7-11(19)5-6-14(12)21-16/h1-7H,(H,22,23). The van der Waals surface area contributed by atoms with Crippen LogP contribution in [0.2, 0.25) is 0 Å². The number of fused-ring (bicyclic) bond motifs is 1. The van der Waals surface area contributed by atoms with Crippen LogP contribution in [0, 0.1) is 17.1 Å². The van der Waals surface area contributed by atoms with Crippen LogP contribution >= 0.6 is 15.9 Å². The molecule has 0 atom stereocenters. The molecule has 0 saturated carbocycles. The number of hydrogen-bond donors (Lipinski definition) is 1. The molecule has 0 bridgehead atoms. The Kier molecular flexibility index (Phi) is 3.80. The summed E-state index contributed by atoms with van der Waals surface area (Å²) in [5, 5.41) is 19.0. The molecule has 0 saturated heterocycles. The Morgan fingerprint density at radius 3 is 2.52 bits per heavy atom. The molecule has 1 N–H and O–H groups in total. The number of nitrogens with zero attached hydrogens (tertiary/aromatic N) is 2. The summed E-state index contributed by atoms with van der Waals surface area (Å²) < 4.78 is 14.3. The third kappa shape index (κ3) is 2.67. The summed E-state index contributed by atoms with van der Waals surface area (Å²) in [7, 11) is 0. The Bertz CT molecular complexity index is 979. The number of hydrogen-bond acceptors (Lipinski definition) is 3. The molecule has 3 rings (SSSR count). The monoisotopic (exact) mass is 370 g/mol. The largest absolute Gasteiger partial charge is 0.478 e. The van der Waals surface area contributed by atoms with E-state index < -0.39 is 11.8 Å². The fraction of sp³-hybridized carbons (Fsp3) is 0. The highest BCUT2D eigenvalue weighted by Gasteiger charge is 2.21.